The van der Waals surface area contributed by atoms with Crippen LogP contribution in [0.1, 0.15) is 39.5 Å². The molecule has 1 heterocycles. The Morgan fingerprint density at radius 3 is 2.75 bits per heavy atom. The summed E-state index contributed by atoms with van der Waals surface area (Å²) < 4.78 is 5.61. The third-order valence-electron chi connectivity index (χ3n) is 4.85. The zero-order chi connectivity index (χ0) is 14.8. The number of aliphatic carboxylic acids is 1. The van der Waals surface area contributed by atoms with Crippen molar-refractivity contribution < 1.29 is 14.6 Å². The third-order valence-corrected chi connectivity index (χ3v) is 4.85. The fraction of sp³-hybridized carbons (Fsp3) is 0.933. The molecule has 0 bridgehead atoms. The van der Waals surface area contributed by atoms with Crippen LogP contribution in [0.3, 0.4) is 0 Å². The molecule has 2 fully saturated rings. The van der Waals surface area contributed by atoms with Crippen molar-refractivity contribution in [1.29, 1.82) is 0 Å². The highest BCUT2D eigenvalue weighted by Crippen LogP contribution is 2.41. The standard InChI is InChI=1S/C15H28N2O3/c1-4-16-15(13(18)19,12-6-7-12)11-17-9-5-8-14(2,10-17)20-3/h12,16H,4-11H2,1-3H3,(H,18,19). The lowest BCUT2D eigenvalue weighted by molar-refractivity contribution is -0.148. The molecular weight excluding hydrogens is 256 g/mol. The Balaban J connectivity index is 2.09. The van der Waals surface area contributed by atoms with Crippen LogP contribution in [0, 0.1) is 5.92 Å². The van der Waals surface area contributed by atoms with Crippen LogP contribution in [0.2, 0.25) is 0 Å². The predicted octanol–water partition coefficient (Wildman–Crippen LogP) is 1.33. The molecule has 2 atom stereocenters. The Morgan fingerprint density at radius 1 is 1.55 bits per heavy atom. The Kier molecular flexibility index (Phi) is 4.72. The molecule has 5 nitrogen and oxygen atoms in total. The second-order valence-corrected chi connectivity index (χ2v) is 6.55. The molecule has 5 heteroatoms. The van der Waals surface area contributed by atoms with Crippen LogP contribution < -0.4 is 5.32 Å². The fourth-order valence-electron chi connectivity index (χ4n) is 3.50. The number of carboxylic acid groups (broad SMARTS) is 1. The van der Waals surface area contributed by atoms with E-state index in [0.717, 1.165) is 38.8 Å². The molecule has 20 heavy (non-hydrogen) atoms. The highest BCUT2D eigenvalue weighted by Gasteiger charge is 2.52. The quantitative estimate of drug-likeness (QED) is 0.738. The summed E-state index contributed by atoms with van der Waals surface area (Å²) in [6.45, 7) is 7.15. The lowest BCUT2D eigenvalue weighted by atomic mass is 9.89. The van der Waals surface area contributed by atoms with E-state index in [-0.39, 0.29) is 11.5 Å². The highest BCUT2D eigenvalue weighted by molar-refractivity contribution is 5.80. The lowest BCUT2D eigenvalue weighted by Gasteiger charge is -2.43. The van der Waals surface area contributed by atoms with Crippen molar-refractivity contribution in [2.75, 3.05) is 33.3 Å². The summed E-state index contributed by atoms with van der Waals surface area (Å²) >= 11 is 0. The molecule has 0 aromatic heterocycles. The smallest absolute Gasteiger partial charge is 0.325 e. The van der Waals surface area contributed by atoms with Gasteiger partial charge in [-0.2, -0.15) is 0 Å². The number of rotatable bonds is 7. The number of carboxylic acids is 1. The molecule has 1 aliphatic carbocycles. The Morgan fingerprint density at radius 2 is 2.25 bits per heavy atom. The van der Waals surface area contributed by atoms with E-state index in [9.17, 15) is 9.90 Å². The average Bonchev–Trinajstić information content (AvgIpc) is 3.22. The fourth-order valence-corrected chi connectivity index (χ4v) is 3.50. The monoisotopic (exact) mass is 284 g/mol. The van der Waals surface area contributed by atoms with Crippen LogP contribution in [0.15, 0.2) is 0 Å². The summed E-state index contributed by atoms with van der Waals surface area (Å²) in [5, 5.41) is 13.0. The summed E-state index contributed by atoms with van der Waals surface area (Å²) in [4.78, 5) is 14.1. The van der Waals surface area contributed by atoms with Gasteiger partial charge < -0.3 is 15.2 Å². The van der Waals surface area contributed by atoms with E-state index in [1.54, 1.807) is 7.11 Å². The highest BCUT2D eigenvalue weighted by atomic mass is 16.5. The van der Waals surface area contributed by atoms with Gasteiger partial charge in [-0.1, -0.05) is 6.92 Å². The molecule has 2 aliphatic rings. The van der Waals surface area contributed by atoms with Gasteiger partial charge in [-0.15, -0.1) is 0 Å². The molecule has 0 radical (unpaired) electrons. The van der Waals surface area contributed by atoms with Crippen molar-refractivity contribution in [2.45, 2.75) is 50.7 Å². The minimum atomic E-state index is -0.777. The largest absolute Gasteiger partial charge is 0.480 e. The first-order valence-electron chi connectivity index (χ1n) is 7.72. The van der Waals surface area contributed by atoms with Gasteiger partial charge in [-0.25, -0.2) is 0 Å². The first-order valence-corrected chi connectivity index (χ1v) is 7.72. The van der Waals surface area contributed by atoms with Gasteiger partial charge in [0.25, 0.3) is 0 Å². The number of hydrogen-bond donors (Lipinski definition) is 2. The number of piperidine rings is 1. The Labute approximate surface area is 121 Å². The van der Waals surface area contributed by atoms with Crippen LogP contribution in [0.5, 0.6) is 0 Å². The van der Waals surface area contributed by atoms with Gasteiger partial charge in [0.05, 0.1) is 5.60 Å². The molecule has 0 spiro atoms. The van der Waals surface area contributed by atoms with Crippen molar-refractivity contribution in [2.24, 2.45) is 5.92 Å². The maximum atomic E-state index is 11.9. The van der Waals surface area contributed by atoms with Crippen LogP contribution >= 0.6 is 0 Å². The number of nitrogens with zero attached hydrogens (tertiary/aromatic N) is 1. The number of likely N-dealkylation sites (N-methyl/N-ethyl adjacent to an activating group) is 1. The van der Waals surface area contributed by atoms with Crippen molar-refractivity contribution in [1.82, 2.24) is 10.2 Å². The zero-order valence-corrected chi connectivity index (χ0v) is 12.9. The normalized spacial score (nSPS) is 30.9. The second-order valence-electron chi connectivity index (χ2n) is 6.55. The summed E-state index contributed by atoms with van der Waals surface area (Å²) in [6.07, 6.45) is 4.16. The van der Waals surface area contributed by atoms with Gasteiger partial charge in [0.2, 0.25) is 0 Å². The molecule has 2 unspecified atom stereocenters. The van der Waals surface area contributed by atoms with Crippen LogP contribution in [-0.4, -0.2) is 60.4 Å². The maximum Gasteiger partial charge on any atom is 0.325 e. The van der Waals surface area contributed by atoms with E-state index in [1.165, 1.54) is 0 Å². The van der Waals surface area contributed by atoms with Gasteiger partial charge in [-0.05, 0) is 51.6 Å². The molecule has 0 amide bonds. The number of ether oxygens (including phenoxy) is 1. The molecule has 1 saturated heterocycles. The predicted molar refractivity (Wildman–Crippen MR) is 77.9 cm³/mol. The van der Waals surface area contributed by atoms with E-state index >= 15 is 0 Å². The van der Waals surface area contributed by atoms with E-state index in [1.807, 2.05) is 6.92 Å². The average molecular weight is 284 g/mol. The van der Waals surface area contributed by atoms with Crippen molar-refractivity contribution >= 4 is 5.97 Å². The minimum absolute atomic E-state index is 0.141. The van der Waals surface area contributed by atoms with Crippen molar-refractivity contribution in [3.8, 4) is 0 Å². The van der Waals surface area contributed by atoms with E-state index < -0.39 is 11.5 Å². The Bertz CT molecular complexity index is 359. The first kappa shape index (κ1) is 15.7. The van der Waals surface area contributed by atoms with Crippen LogP contribution in [0.4, 0.5) is 0 Å². The molecule has 2 N–H and O–H groups in total. The van der Waals surface area contributed by atoms with E-state index in [0.29, 0.717) is 13.1 Å². The van der Waals surface area contributed by atoms with Crippen LogP contribution in [-0.2, 0) is 9.53 Å². The summed E-state index contributed by atoms with van der Waals surface area (Å²) in [6, 6.07) is 0. The topological polar surface area (TPSA) is 61.8 Å². The van der Waals surface area contributed by atoms with E-state index in [4.69, 9.17) is 4.74 Å². The van der Waals surface area contributed by atoms with Crippen molar-refractivity contribution in [3.63, 3.8) is 0 Å². The number of hydrogen-bond acceptors (Lipinski definition) is 4. The van der Waals surface area contributed by atoms with Gasteiger partial charge in [0.15, 0.2) is 0 Å². The molecule has 0 aromatic rings. The summed E-state index contributed by atoms with van der Waals surface area (Å²) in [5.41, 5.74) is -0.918. The molecule has 116 valence electrons. The molecule has 1 saturated carbocycles. The summed E-state index contributed by atoms with van der Waals surface area (Å²) in [7, 11) is 1.75. The molecule has 1 aliphatic heterocycles. The second kappa shape index (κ2) is 6.00. The number of likely N-dealkylation sites (tertiary alicyclic amines) is 1. The van der Waals surface area contributed by atoms with Gasteiger partial charge in [-0.3, -0.25) is 9.69 Å². The number of nitrogens with one attached hydrogen (secondary N) is 1. The van der Waals surface area contributed by atoms with Crippen LogP contribution in [0.25, 0.3) is 0 Å². The minimum Gasteiger partial charge on any atom is -0.480 e. The zero-order valence-electron chi connectivity index (χ0n) is 12.9. The first-order chi connectivity index (χ1) is 9.46. The van der Waals surface area contributed by atoms with Gasteiger partial charge in [0, 0.05) is 20.2 Å². The number of methoxy groups -OCH3 is 1. The van der Waals surface area contributed by atoms with E-state index in [2.05, 4.69) is 17.1 Å². The molecule has 0 aromatic carbocycles. The van der Waals surface area contributed by atoms with Gasteiger partial charge in [0.1, 0.15) is 5.54 Å². The number of carbonyl (C=O) groups is 1. The van der Waals surface area contributed by atoms with Crippen molar-refractivity contribution in [3.05, 3.63) is 0 Å². The lowest BCUT2D eigenvalue weighted by Crippen LogP contribution is -2.63. The third kappa shape index (κ3) is 3.15. The Hall–Kier alpha value is -0.650. The van der Waals surface area contributed by atoms with Gasteiger partial charge >= 0.3 is 5.97 Å². The maximum absolute atomic E-state index is 11.9. The molecular formula is C15H28N2O3. The SMILES string of the molecule is CCNC(CN1CCCC(C)(OC)C1)(C(=O)O)C1CC1. The molecule has 2 rings (SSSR count). The summed E-state index contributed by atoms with van der Waals surface area (Å²) in [5.74, 6) is -0.428.